The number of aryl methyl sites for hydroxylation is 1. The van der Waals surface area contributed by atoms with E-state index in [2.05, 4.69) is 9.46 Å². The first-order valence-electron chi connectivity index (χ1n) is 7.71. The van der Waals surface area contributed by atoms with Crippen molar-refractivity contribution < 1.29 is 9.00 Å². The average molecular weight is 368 g/mol. The Morgan fingerprint density at radius 3 is 2.58 bits per heavy atom. The van der Waals surface area contributed by atoms with Gasteiger partial charge in [-0.05, 0) is 25.0 Å². The molecule has 1 aromatic heterocycles. The molecule has 1 aliphatic rings. The summed E-state index contributed by atoms with van der Waals surface area (Å²) in [6, 6.07) is 4.83. The summed E-state index contributed by atoms with van der Waals surface area (Å²) in [5.74, 6) is 0.636. The molecule has 24 heavy (non-hydrogen) atoms. The lowest BCUT2D eigenvalue weighted by Gasteiger charge is -2.15. The lowest BCUT2D eigenvalue weighted by molar-refractivity contribution is 0.103. The van der Waals surface area contributed by atoms with Crippen molar-refractivity contribution >= 4 is 32.8 Å². The molecular weight excluding hydrogens is 350 g/mol. The van der Waals surface area contributed by atoms with Crippen LogP contribution in [-0.2, 0) is 16.8 Å². The minimum absolute atomic E-state index is 0.0124. The van der Waals surface area contributed by atoms with Gasteiger partial charge in [-0.3, -0.25) is 14.3 Å². The topological polar surface area (TPSA) is 84.3 Å². The Morgan fingerprint density at radius 2 is 1.96 bits per heavy atom. The maximum atomic E-state index is 12.8. The molecule has 0 saturated carbocycles. The zero-order valence-corrected chi connectivity index (χ0v) is 14.8. The minimum Gasteiger partial charge on any atom is -0.302 e. The molecule has 0 spiro atoms. The molecule has 1 fully saturated rings. The van der Waals surface area contributed by atoms with Crippen molar-refractivity contribution in [1.82, 2.24) is 9.78 Å². The molecule has 6 nitrogen and oxygen atoms in total. The van der Waals surface area contributed by atoms with Gasteiger partial charge < -0.3 is 5.10 Å². The Morgan fingerprint density at radius 1 is 1.25 bits per heavy atom. The fraction of sp³-hybridized carbons (Fsp3) is 0.375. The number of halogens is 1. The molecule has 2 aromatic rings. The van der Waals surface area contributed by atoms with Crippen molar-refractivity contribution in [2.75, 3.05) is 11.5 Å². The third-order valence-corrected chi connectivity index (χ3v) is 6.88. The second-order valence-corrected chi connectivity index (χ2v) is 8.77. The Bertz CT molecular complexity index is 955. The molecule has 0 bridgehead atoms. The third kappa shape index (κ3) is 3.18. The van der Waals surface area contributed by atoms with Crippen LogP contribution in [0.3, 0.4) is 0 Å². The highest BCUT2D eigenvalue weighted by Crippen LogP contribution is 2.32. The van der Waals surface area contributed by atoms with E-state index in [0.717, 1.165) is 19.3 Å². The zero-order valence-electron chi connectivity index (χ0n) is 13.3. The van der Waals surface area contributed by atoms with E-state index >= 15 is 0 Å². The molecule has 3 rings (SSSR count). The standard InChI is InChI=1S/C16H18ClN3O3S/c1-20-16(22)12(10-18-20)15(21)11-6-5-7-13(14(11)17)19-24(23)8-3-2-4-9-24/h5-7,10,18H,2-4,8-9H2,1H3. The van der Waals surface area contributed by atoms with Gasteiger partial charge in [0.15, 0.2) is 0 Å². The maximum absolute atomic E-state index is 12.8. The number of aromatic nitrogens is 2. The van der Waals surface area contributed by atoms with Gasteiger partial charge in [-0.2, -0.15) is 4.36 Å². The molecule has 1 aliphatic heterocycles. The highest BCUT2D eigenvalue weighted by Gasteiger charge is 2.21. The monoisotopic (exact) mass is 367 g/mol. The summed E-state index contributed by atoms with van der Waals surface area (Å²) < 4.78 is 18.3. The molecule has 0 atom stereocenters. The Labute approximate surface area is 145 Å². The lowest BCUT2D eigenvalue weighted by Crippen LogP contribution is -2.19. The van der Waals surface area contributed by atoms with Gasteiger partial charge in [0.05, 0.1) is 20.4 Å². The second kappa shape index (κ2) is 6.57. The number of hydrogen-bond donors (Lipinski definition) is 1. The number of nitrogens with zero attached hydrogens (tertiary/aromatic N) is 2. The van der Waals surface area contributed by atoms with Crippen molar-refractivity contribution in [1.29, 1.82) is 0 Å². The first kappa shape index (κ1) is 17.0. The van der Waals surface area contributed by atoms with E-state index in [0.29, 0.717) is 17.2 Å². The number of hydrogen-bond acceptors (Lipinski definition) is 4. The predicted octanol–water partition coefficient (Wildman–Crippen LogP) is 2.88. The number of nitrogens with one attached hydrogen (secondary N) is 1. The van der Waals surface area contributed by atoms with Crippen LogP contribution < -0.4 is 5.56 Å². The average Bonchev–Trinajstić information content (AvgIpc) is 2.89. The van der Waals surface area contributed by atoms with Gasteiger partial charge in [-0.15, -0.1) is 0 Å². The summed E-state index contributed by atoms with van der Waals surface area (Å²) >= 11 is 6.33. The number of carbonyl (C=O) groups excluding carboxylic acids is 1. The number of benzene rings is 1. The fourth-order valence-corrected chi connectivity index (χ4v) is 5.25. The summed E-state index contributed by atoms with van der Waals surface area (Å²) in [5, 5.41) is 2.80. The molecule has 0 aliphatic carbocycles. The highest BCUT2D eigenvalue weighted by atomic mass is 35.5. The van der Waals surface area contributed by atoms with Crippen molar-refractivity contribution in [3.8, 4) is 0 Å². The van der Waals surface area contributed by atoms with E-state index in [4.69, 9.17) is 11.6 Å². The quantitative estimate of drug-likeness (QED) is 0.846. The van der Waals surface area contributed by atoms with E-state index in [1.54, 1.807) is 18.2 Å². The Kier molecular flexibility index (Phi) is 4.64. The smallest absolute Gasteiger partial charge is 0.277 e. The number of ketones is 1. The van der Waals surface area contributed by atoms with Gasteiger partial charge in [-0.1, -0.05) is 24.1 Å². The normalized spacial score (nSPS) is 16.8. The third-order valence-electron chi connectivity index (χ3n) is 4.10. The van der Waals surface area contributed by atoms with E-state index < -0.39 is 21.1 Å². The number of aromatic amines is 1. The van der Waals surface area contributed by atoms with Crippen molar-refractivity contribution in [2.24, 2.45) is 11.4 Å². The van der Waals surface area contributed by atoms with E-state index in [1.165, 1.54) is 17.9 Å². The van der Waals surface area contributed by atoms with Crippen LogP contribution in [0.5, 0.6) is 0 Å². The molecule has 0 radical (unpaired) electrons. The van der Waals surface area contributed by atoms with Gasteiger partial charge in [0, 0.05) is 30.3 Å². The van der Waals surface area contributed by atoms with Crippen LogP contribution in [0.25, 0.3) is 0 Å². The van der Waals surface area contributed by atoms with Crippen molar-refractivity contribution in [2.45, 2.75) is 19.3 Å². The van der Waals surface area contributed by atoms with Gasteiger partial charge in [0.1, 0.15) is 5.56 Å². The molecule has 0 unspecified atom stereocenters. The van der Waals surface area contributed by atoms with Gasteiger partial charge in [0.25, 0.3) is 5.56 Å². The Hall–Kier alpha value is -1.86. The van der Waals surface area contributed by atoms with Gasteiger partial charge in [-0.25, -0.2) is 4.21 Å². The van der Waals surface area contributed by atoms with E-state index in [-0.39, 0.29) is 16.1 Å². The largest absolute Gasteiger partial charge is 0.302 e. The number of carbonyl (C=O) groups is 1. The molecule has 2 heterocycles. The molecule has 1 N–H and O–H groups in total. The molecule has 128 valence electrons. The summed E-state index contributed by atoms with van der Waals surface area (Å²) in [7, 11) is -0.792. The summed E-state index contributed by atoms with van der Waals surface area (Å²) in [6.45, 7) is 0. The number of rotatable bonds is 3. The SMILES string of the molecule is Cn1[nH]cc(C(=O)c2cccc(N=S3(=O)CCCCC3)c2Cl)c1=O. The highest BCUT2D eigenvalue weighted by molar-refractivity contribution is 7.93. The summed E-state index contributed by atoms with van der Waals surface area (Å²) in [5.41, 5.74) is 0.130. The maximum Gasteiger partial charge on any atom is 0.277 e. The predicted molar refractivity (Wildman–Crippen MR) is 94.7 cm³/mol. The van der Waals surface area contributed by atoms with Crippen LogP contribution in [0.15, 0.2) is 33.6 Å². The van der Waals surface area contributed by atoms with Gasteiger partial charge >= 0.3 is 0 Å². The zero-order chi connectivity index (χ0) is 17.3. The van der Waals surface area contributed by atoms with Crippen LogP contribution in [0.2, 0.25) is 5.02 Å². The molecule has 0 amide bonds. The first-order valence-corrected chi connectivity index (χ1v) is 9.94. The molecule has 1 aromatic carbocycles. The van der Waals surface area contributed by atoms with Crippen LogP contribution in [0.4, 0.5) is 5.69 Å². The van der Waals surface area contributed by atoms with E-state index in [9.17, 15) is 13.8 Å². The van der Waals surface area contributed by atoms with Crippen LogP contribution in [0, 0.1) is 0 Å². The molecule has 1 saturated heterocycles. The van der Waals surface area contributed by atoms with Crippen LogP contribution in [0.1, 0.15) is 35.2 Å². The molecule has 8 heteroatoms. The van der Waals surface area contributed by atoms with Crippen molar-refractivity contribution in [3.63, 3.8) is 0 Å². The fourth-order valence-electron chi connectivity index (χ4n) is 2.74. The van der Waals surface area contributed by atoms with Crippen LogP contribution >= 0.6 is 11.6 Å². The number of H-pyrrole nitrogens is 1. The van der Waals surface area contributed by atoms with Crippen molar-refractivity contribution in [3.05, 3.63) is 50.9 Å². The van der Waals surface area contributed by atoms with Gasteiger partial charge in [0.2, 0.25) is 5.78 Å². The van der Waals surface area contributed by atoms with Crippen LogP contribution in [-0.4, -0.2) is 31.3 Å². The second-order valence-electron chi connectivity index (χ2n) is 5.85. The van der Waals surface area contributed by atoms with E-state index in [1.807, 2.05) is 0 Å². The lowest BCUT2D eigenvalue weighted by atomic mass is 10.1. The summed E-state index contributed by atoms with van der Waals surface area (Å²) in [4.78, 5) is 24.5. The minimum atomic E-state index is -2.32. The first-order chi connectivity index (χ1) is 11.4. The molecular formula is C16H18ClN3O3S. The Balaban J connectivity index is 2.04. The summed E-state index contributed by atoms with van der Waals surface area (Å²) in [6.07, 6.45) is 4.19.